The Bertz CT molecular complexity index is 515. The molecular weight excluding hydrogens is 292 g/mol. The topological polar surface area (TPSA) is 52.4 Å². The fraction of sp³-hybridized carbons (Fsp3) is 0.882. The van der Waals surface area contributed by atoms with Crippen molar-refractivity contribution in [3.05, 3.63) is 5.82 Å². The molecule has 6 nitrogen and oxygen atoms in total. The van der Waals surface area contributed by atoms with Crippen LogP contribution < -0.4 is 4.90 Å². The van der Waals surface area contributed by atoms with E-state index in [1.165, 1.54) is 25.7 Å². The molecule has 0 spiro atoms. The zero-order valence-corrected chi connectivity index (χ0v) is 14.1. The number of hydrogen-bond acceptors (Lipinski definition) is 5. The van der Waals surface area contributed by atoms with Gasteiger partial charge in [-0.25, -0.2) is 0 Å². The molecule has 6 heteroatoms. The molecule has 2 saturated heterocycles. The molecule has 0 N–H and O–H groups in total. The van der Waals surface area contributed by atoms with E-state index in [0.717, 1.165) is 57.3 Å². The maximum absolute atomic E-state index is 6.10. The van der Waals surface area contributed by atoms with E-state index in [4.69, 9.17) is 9.47 Å². The number of rotatable bonds is 5. The minimum atomic E-state index is 0.321. The summed E-state index contributed by atoms with van der Waals surface area (Å²) in [7, 11) is 2.10. The predicted octanol–water partition coefficient (Wildman–Crippen LogP) is 2.25. The van der Waals surface area contributed by atoms with E-state index in [-0.39, 0.29) is 0 Å². The second-order valence-corrected chi connectivity index (χ2v) is 7.20. The molecule has 1 unspecified atom stereocenters. The van der Waals surface area contributed by atoms with E-state index in [1.807, 2.05) is 0 Å². The lowest BCUT2D eigenvalue weighted by Gasteiger charge is -2.33. The Morgan fingerprint density at radius 3 is 2.61 bits per heavy atom. The smallest absolute Gasteiger partial charge is 0.226 e. The molecule has 0 bridgehead atoms. The first kappa shape index (κ1) is 15.4. The van der Waals surface area contributed by atoms with Gasteiger partial charge in [-0.2, -0.15) is 0 Å². The van der Waals surface area contributed by atoms with Crippen LogP contribution in [0.5, 0.6) is 0 Å². The summed E-state index contributed by atoms with van der Waals surface area (Å²) in [5, 5.41) is 8.82. The molecule has 0 radical (unpaired) electrons. The largest absolute Gasteiger partial charge is 0.376 e. The van der Waals surface area contributed by atoms with Crippen molar-refractivity contribution in [2.45, 2.75) is 63.1 Å². The van der Waals surface area contributed by atoms with Crippen molar-refractivity contribution >= 4 is 5.95 Å². The molecule has 1 aliphatic carbocycles. The zero-order chi connectivity index (χ0) is 15.6. The van der Waals surface area contributed by atoms with Crippen LogP contribution in [0.2, 0.25) is 0 Å². The SMILES string of the molecule is Cn1c(C2CC2)nnc1N1CCC(OCC2CCCCO2)CC1. The van der Waals surface area contributed by atoms with Gasteiger partial charge in [0.25, 0.3) is 0 Å². The lowest BCUT2D eigenvalue weighted by Crippen LogP contribution is -2.39. The second-order valence-electron chi connectivity index (χ2n) is 7.20. The van der Waals surface area contributed by atoms with Crippen LogP contribution >= 0.6 is 0 Å². The van der Waals surface area contributed by atoms with Gasteiger partial charge in [0.15, 0.2) is 0 Å². The number of nitrogens with zero attached hydrogens (tertiary/aromatic N) is 4. The molecule has 1 atom stereocenters. The monoisotopic (exact) mass is 320 g/mol. The summed E-state index contributed by atoms with van der Waals surface area (Å²) in [5.41, 5.74) is 0. The lowest BCUT2D eigenvalue weighted by molar-refractivity contribution is -0.0672. The first-order chi connectivity index (χ1) is 11.3. The van der Waals surface area contributed by atoms with Gasteiger partial charge in [0.1, 0.15) is 5.82 Å². The third-order valence-corrected chi connectivity index (χ3v) is 5.34. The molecule has 1 aromatic heterocycles. The van der Waals surface area contributed by atoms with Gasteiger partial charge < -0.3 is 18.9 Å². The zero-order valence-electron chi connectivity index (χ0n) is 14.1. The minimum absolute atomic E-state index is 0.321. The highest BCUT2D eigenvalue weighted by molar-refractivity contribution is 5.32. The molecule has 128 valence electrons. The van der Waals surface area contributed by atoms with Crippen molar-refractivity contribution in [1.82, 2.24) is 14.8 Å². The van der Waals surface area contributed by atoms with Crippen LogP contribution in [0, 0.1) is 0 Å². The maximum atomic E-state index is 6.10. The van der Waals surface area contributed by atoms with Crippen LogP contribution in [-0.2, 0) is 16.5 Å². The number of piperidine rings is 1. The average Bonchev–Trinajstić information content (AvgIpc) is 3.37. The second kappa shape index (κ2) is 6.77. The summed E-state index contributed by atoms with van der Waals surface area (Å²) in [6.07, 6.45) is 9.00. The summed E-state index contributed by atoms with van der Waals surface area (Å²) in [6.45, 7) is 3.68. The van der Waals surface area contributed by atoms with Gasteiger partial charge in [-0.05, 0) is 44.9 Å². The highest BCUT2D eigenvalue weighted by atomic mass is 16.5. The van der Waals surface area contributed by atoms with E-state index >= 15 is 0 Å². The van der Waals surface area contributed by atoms with Crippen molar-refractivity contribution in [3.63, 3.8) is 0 Å². The van der Waals surface area contributed by atoms with E-state index in [9.17, 15) is 0 Å². The van der Waals surface area contributed by atoms with Gasteiger partial charge in [0.05, 0.1) is 18.8 Å². The van der Waals surface area contributed by atoms with E-state index < -0.39 is 0 Å². The predicted molar refractivity (Wildman–Crippen MR) is 87.8 cm³/mol. The van der Waals surface area contributed by atoms with Crippen LogP contribution in [0.1, 0.15) is 56.7 Å². The van der Waals surface area contributed by atoms with Gasteiger partial charge in [-0.3, -0.25) is 0 Å². The van der Waals surface area contributed by atoms with Gasteiger partial charge in [0.2, 0.25) is 5.95 Å². The van der Waals surface area contributed by atoms with Crippen molar-refractivity contribution in [2.24, 2.45) is 7.05 Å². The molecule has 2 aliphatic heterocycles. The Kier molecular flexibility index (Phi) is 4.53. The Morgan fingerprint density at radius 1 is 1.09 bits per heavy atom. The van der Waals surface area contributed by atoms with Crippen molar-refractivity contribution < 1.29 is 9.47 Å². The first-order valence-electron chi connectivity index (χ1n) is 9.18. The maximum Gasteiger partial charge on any atom is 0.226 e. The normalized spacial score (nSPS) is 26.7. The van der Waals surface area contributed by atoms with Crippen LogP contribution in [0.3, 0.4) is 0 Å². The van der Waals surface area contributed by atoms with Crippen molar-refractivity contribution in [2.75, 3.05) is 31.2 Å². The van der Waals surface area contributed by atoms with Crippen molar-refractivity contribution in [1.29, 1.82) is 0 Å². The molecule has 1 aromatic rings. The van der Waals surface area contributed by atoms with Crippen LogP contribution in [0.15, 0.2) is 0 Å². The standard InChI is InChI=1S/C17H28N4O2/c1-20-16(13-5-6-13)18-19-17(20)21-9-7-14(8-10-21)23-12-15-4-2-3-11-22-15/h13-15H,2-12H2,1H3. The summed E-state index contributed by atoms with van der Waals surface area (Å²) in [5.74, 6) is 2.84. The fourth-order valence-corrected chi connectivity index (χ4v) is 3.71. The van der Waals surface area contributed by atoms with Gasteiger partial charge >= 0.3 is 0 Å². The summed E-state index contributed by atoms with van der Waals surface area (Å²) in [4.78, 5) is 2.36. The Labute approximate surface area is 138 Å². The summed E-state index contributed by atoms with van der Waals surface area (Å²) < 4.78 is 14.0. The molecule has 3 heterocycles. The lowest BCUT2D eigenvalue weighted by atomic mass is 10.1. The van der Waals surface area contributed by atoms with Gasteiger partial charge in [0, 0.05) is 32.7 Å². The van der Waals surface area contributed by atoms with Crippen LogP contribution in [-0.4, -0.2) is 53.3 Å². The molecule has 23 heavy (non-hydrogen) atoms. The van der Waals surface area contributed by atoms with Crippen molar-refractivity contribution in [3.8, 4) is 0 Å². The molecule has 3 fully saturated rings. The summed E-state index contributed by atoms with van der Waals surface area (Å²) >= 11 is 0. The van der Waals surface area contributed by atoms with Crippen LogP contribution in [0.25, 0.3) is 0 Å². The molecule has 4 rings (SSSR count). The quantitative estimate of drug-likeness (QED) is 0.833. The minimum Gasteiger partial charge on any atom is -0.376 e. The van der Waals surface area contributed by atoms with Gasteiger partial charge in [-0.15, -0.1) is 10.2 Å². The van der Waals surface area contributed by atoms with Gasteiger partial charge in [-0.1, -0.05) is 0 Å². The van der Waals surface area contributed by atoms with Crippen LogP contribution in [0.4, 0.5) is 5.95 Å². The number of aromatic nitrogens is 3. The highest BCUT2D eigenvalue weighted by Crippen LogP contribution is 2.39. The third-order valence-electron chi connectivity index (χ3n) is 5.34. The number of hydrogen-bond donors (Lipinski definition) is 0. The number of ether oxygens (including phenoxy) is 2. The molecule has 1 saturated carbocycles. The molecule has 3 aliphatic rings. The molecule has 0 aromatic carbocycles. The third kappa shape index (κ3) is 3.53. The van der Waals surface area contributed by atoms with E-state index in [0.29, 0.717) is 18.1 Å². The van der Waals surface area contributed by atoms with E-state index in [2.05, 4.69) is 26.7 Å². The summed E-state index contributed by atoms with van der Waals surface area (Å²) in [6, 6.07) is 0. The average molecular weight is 320 g/mol. The molecule has 0 amide bonds. The Balaban J connectivity index is 1.25. The van der Waals surface area contributed by atoms with E-state index in [1.54, 1.807) is 0 Å². The fourth-order valence-electron chi connectivity index (χ4n) is 3.71. The Hall–Kier alpha value is -1.14. The highest BCUT2D eigenvalue weighted by Gasteiger charge is 2.31. The number of anilines is 1. The molecular formula is C17H28N4O2. The Morgan fingerprint density at radius 2 is 1.91 bits per heavy atom. The first-order valence-corrected chi connectivity index (χ1v) is 9.18.